The first-order valence-electron chi connectivity index (χ1n) is 7.06. The monoisotopic (exact) mass is 306 g/mol. The maximum Gasteiger partial charge on any atom is 0.308 e. The Bertz CT molecular complexity index is 628. The highest BCUT2D eigenvalue weighted by Crippen LogP contribution is 2.34. The van der Waals surface area contributed by atoms with Crippen molar-refractivity contribution in [3.05, 3.63) is 33.9 Å². The summed E-state index contributed by atoms with van der Waals surface area (Å²) >= 11 is 0. The number of nitro benzene ring substituents is 1. The maximum absolute atomic E-state index is 11.4. The van der Waals surface area contributed by atoms with Gasteiger partial charge >= 0.3 is 5.97 Å². The molecule has 0 aliphatic carbocycles. The SMILES string of the molecule is CC(=O)c1ccc(N2CC(C)CC(C(=O)O)C2)c([N+](=O)[O-])c1. The fourth-order valence-electron chi connectivity index (χ4n) is 2.88. The van der Waals surface area contributed by atoms with Crippen LogP contribution < -0.4 is 4.90 Å². The van der Waals surface area contributed by atoms with E-state index in [4.69, 9.17) is 0 Å². The average Bonchev–Trinajstić information content (AvgIpc) is 2.45. The number of Topliss-reactive ketones (excluding diaryl/α,β-unsaturated/α-hetero) is 1. The third kappa shape index (κ3) is 3.24. The molecule has 1 aromatic rings. The number of rotatable bonds is 4. The number of carbonyl (C=O) groups is 2. The Morgan fingerprint density at radius 3 is 2.59 bits per heavy atom. The number of ketones is 1. The smallest absolute Gasteiger partial charge is 0.308 e. The van der Waals surface area contributed by atoms with Crippen molar-refractivity contribution in [2.45, 2.75) is 20.3 Å². The second-order valence-corrected chi connectivity index (χ2v) is 5.80. The first-order valence-corrected chi connectivity index (χ1v) is 7.06. The van der Waals surface area contributed by atoms with E-state index in [0.29, 0.717) is 18.7 Å². The second kappa shape index (κ2) is 6.13. The number of piperidine rings is 1. The summed E-state index contributed by atoms with van der Waals surface area (Å²) in [6.45, 7) is 4.07. The molecule has 1 heterocycles. The zero-order valence-electron chi connectivity index (χ0n) is 12.5. The summed E-state index contributed by atoms with van der Waals surface area (Å²) in [4.78, 5) is 35.1. The summed E-state index contributed by atoms with van der Waals surface area (Å²) in [5.41, 5.74) is 0.481. The quantitative estimate of drug-likeness (QED) is 0.520. The number of nitrogens with zero attached hydrogens (tertiary/aromatic N) is 2. The molecule has 0 saturated carbocycles. The fraction of sp³-hybridized carbons (Fsp3) is 0.467. The summed E-state index contributed by atoms with van der Waals surface area (Å²) in [6, 6.07) is 4.33. The minimum atomic E-state index is -0.889. The van der Waals surface area contributed by atoms with Gasteiger partial charge in [0, 0.05) is 24.7 Å². The largest absolute Gasteiger partial charge is 0.481 e. The molecule has 22 heavy (non-hydrogen) atoms. The van der Waals surface area contributed by atoms with Crippen LogP contribution in [-0.2, 0) is 4.79 Å². The topological polar surface area (TPSA) is 101 Å². The van der Waals surface area contributed by atoms with Crippen LogP contribution in [0.2, 0.25) is 0 Å². The molecule has 1 aliphatic heterocycles. The van der Waals surface area contributed by atoms with E-state index in [0.717, 1.165) is 0 Å². The molecular formula is C15H18N2O5. The van der Waals surface area contributed by atoms with E-state index >= 15 is 0 Å². The Kier molecular flexibility index (Phi) is 4.44. The summed E-state index contributed by atoms with van der Waals surface area (Å²) in [6.07, 6.45) is 0.561. The lowest BCUT2D eigenvalue weighted by Crippen LogP contribution is -2.42. The van der Waals surface area contributed by atoms with Gasteiger partial charge in [-0.3, -0.25) is 19.7 Å². The number of benzene rings is 1. The highest BCUT2D eigenvalue weighted by Gasteiger charge is 2.32. The number of aliphatic carboxylic acids is 1. The fourth-order valence-corrected chi connectivity index (χ4v) is 2.88. The number of carbonyl (C=O) groups excluding carboxylic acids is 1. The lowest BCUT2D eigenvalue weighted by atomic mass is 9.90. The van der Waals surface area contributed by atoms with Crippen LogP contribution in [0.5, 0.6) is 0 Å². The van der Waals surface area contributed by atoms with E-state index in [9.17, 15) is 24.8 Å². The van der Waals surface area contributed by atoms with Crippen LogP contribution >= 0.6 is 0 Å². The summed E-state index contributed by atoms with van der Waals surface area (Å²) < 4.78 is 0. The van der Waals surface area contributed by atoms with Gasteiger partial charge in [-0.15, -0.1) is 0 Å². The van der Waals surface area contributed by atoms with E-state index in [1.807, 2.05) is 6.92 Å². The minimum Gasteiger partial charge on any atom is -0.481 e. The molecule has 0 amide bonds. The molecule has 1 N–H and O–H groups in total. The summed E-state index contributed by atoms with van der Waals surface area (Å²) in [5.74, 6) is -1.55. The van der Waals surface area contributed by atoms with Crippen LogP contribution in [0.3, 0.4) is 0 Å². The molecule has 0 radical (unpaired) electrons. The number of carboxylic acid groups (broad SMARTS) is 1. The van der Waals surface area contributed by atoms with Crippen molar-refractivity contribution >= 4 is 23.1 Å². The van der Waals surface area contributed by atoms with Gasteiger partial charge in [-0.1, -0.05) is 6.92 Å². The van der Waals surface area contributed by atoms with Gasteiger partial charge in [-0.2, -0.15) is 0 Å². The minimum absolute atomic E-state index is 0.127. The van der Waals surface area contributed by atoms with Crippen LogP contribution in [0.15, 0.2) is 18.2 Å². The Morgan fingerprint density at radius 2 is 2.05 bits per heavy atom. The molecule has 0 aromatic heterocycles. The van der Waals surface area contributed by atoms with Gasteiger partial charge in [0.25, 0.3) is 5.69 Å². The molecular weight excluding hydrogens is 288 g/mol. The molecule has 7 nitrogen and oxygen atoms in total. The molecule has 0 spiro atoms. The third-order valence-electron chi connectivity index (χ3n) is 3.93. The normalized spacial score (nSPS) is 21.5. The van der Waals surface area contributed by atoms with Crippen LogP contribution in [0, 0.1) is 22.0 Å². The third-order valence-corrected chi connectivity index (χ3v) is 3.93. The number of hydrogen-bond acceptors (Lipinski definition) is 5. The van der Waals surface area contributed by atoms with Crippen molar-refractivity contribution in [1.29, 1.82) is 0 Å². The lowest BCUT2D eigenvalue weighted by Gasteiger charge is -2.35. The highest BCUT2D eigenvalue weighted by molar-refractivity contribution is 5.95. The van der Waals surface area contributed by atoms with E-state index in [1.165, 1.54) is 19.1 Å². The van der Waals surface area contributed by atoms with Crippen molar-refractivity contribution < 1.29 is 19.6 Å². The molecule has 1 fully saturated rings. The number of hydrogen-bond donors (Lipinski definition) is 1. The Morgan fingerprint density at radius 1 is 1.36 bits per heavy atom. The summed E-state index contributed by atoms with van der Waals surface area (Å²) in [7, 11) is 0. The Balaban J connectivity index is 2.40. The maximum atomic E-state index is 11.4. The molecule has 1 aromatic carbocycles. The molecule has 2 atom stereocenters. The van der Waals surface area contributed by atoms with E-state index in [2.05, 4.69) is 0 Å². The number of anilines is 1. The predicted octanol–water partition coefficient (Wildman–Crippen LogP) is 2.34. The van der Waals surface area contributed by atoms with Crippen molar-refractivity contribution in [1.82, 2.24) is 0 Å². The van der Waals surface area contributed by atoms with Gasteiger partial charge in [-0.25, -0.2) is 0 Å². The van der Waals surface area contributed by atoms with Crippen molar-refractivity contribution in [3.63, 3.8) is 0 Å². The first-order chi connectivity index (χ1) is 10.3. The van der Waals surface area contributed by atoms with E-state index < -0.39 is 16.8 Å². The van der Waals surface area contributed by atoms with Gasteiger partial charge in [0.2, 0.25) is 0 Å². The van der Waals surface area contributed by atoms with Gasteiger partial charge < -0.3 is 10.0 Å². The first kappa shape index (κ1) is 15.9. The van der Waals surface area contributed by atoms with Gasteiger partial charge in [0.15, 0.2) is 5.78 Å². The van der Waals surface area contributed by atoms with Crippen LogP contribution in [0.4, 0.5) is 11.4 Å². The Hall–Kier alpha value is -2.44. The van der Waals surface area contributed by atoms with E-state index in [1.54, 1.807) is 11.0 Å². The number of carboxylic acids is 1. The molecule has 2 rings (SSSR count). The molecule has 1 saturated heterocycles. The number of nitro groups is 1. The summed E-state index contributed by atoms with van der Waals surface area (Å²) in [5, 5.41) is 20.5. The van der Waals surface area contributed by atoms with Crippen molar-refractivity contribution in [2.24, 2.45) is 11.8 Å². The van der Waals surface area contributed by atoms with Crippen LogP contribution in [0.25, 0.3) is 0 Å². The van der Waals surface area contributed by atoms with Crippen LogP contribution in [0.1, 0.15) is 30.6 Å². The van der Waals surface area contributed by atoms with E-state index in [-0.39, 0.29) is 29.5 Å². The second-order valence-electron chi connectivity index (χ2n) is 5.80. The zero-order valence-corrected chi connectivity index (χ0v) is 12.5. The highest BCUT2D eigenvalue weighted by atomic mass is 16.6. The standard InChI is InChI=1S/C15H18N2O5/c1-9-5-12(15(19)20)8-16(7-9)13-4-3-11(10(2)18)6-14(13)17(21)22/h3-4,6,9,12H,5,7-8H2,1-2H3,(H,19,20). The van der Waals surface area contributed by atoms with Crippen molar-refractivity contribution in [2.75, 3.05) is 18.0 Å². The zero-order chi connectivity index (χ0) is 16.4. The molecule has 2 unspecified atom stereocenters. The average molecular weight is 306 g/mol. The molecule has 1 aliphatic rings. The lowest BCUT2D eigenvalue weighted by molar-refractivity contribution is -0.384. The predicted molar refractivity (Wildman–Crippen MR) is 80.2 cm³/mol. The van der Waals surface area contributed by atoms with Gasteiger partial charge in [0.05, 0.1) is 10.8 Å². The van der Waals surface area contributed by atoms with Gasteiger partial charge in [-0.05, 0) is 31.4 Å². The van der Waals surface area contributed by atoms with Crippen molar-refractivity contribution in [3.8, 4) is 0 Å². The van der Waals surface area contributed by atoms with Crippen LogP contribution in [-0.4, -0.2) is 34.9 Å². The Labute approximate surface area is 127 Å². The molecule has 7 heteroatoms. The van der Waals surface area contributed by atoms with Gasteiger partial charge in [0.1, 0.15) is 5.69 Å². The molecule has 118 valence electrons. The molecule has 0 bridgehead atoms.